The third-order valence-electron chi connectivity index (χ3n) is 3.82. The summed E-state index contributed by atoms with van der Waals surface area (Å²) in [5.41, 5.74) is 7.68. The molecule has 0 spiro atoms. The SMILES string of the molecule is CCOC(=O)c1ccc(CN=C(N)N2CCCCCC2)cc1.I. The van der Waals surface area contributed by atoms with Crippen LogP contribution in [0.5, 0.6) is 0 Å². The summed E-state index contributed by atoms with van der Waals surface area (Å²) in [5.74, 6) is 0.331. The van der Waals surface area contributed by atoms with Gasteiger partial charge in [-0.25, -0.2) is 9.79 Å². The van der Waals surface area contributed by atoms with Crippen molar-refractivity contribution in [1.29, 1.82) is 0 Å². The number of nitrogens with zero attached hydrogens (tertiary/aromatic N) is 2. The van der Waals surface area contributed by atoms with Crippen LogP contribution in [0.3, 0.4) is 0 Å². The molecule has 5 nitrogen and oxygen atoms in total. The highest BCUT2D eigenvalue weighted by atomic mass is 127. The van der Waals surface area contributed by atoms with Crippen molar-refractivity contribution in [2.45, 2.75) is 39.2 Å². The van der Waals surface area contributed by atoms with Gasteiger partial charge in [0.15, 0.2) is 5.96 Å². The van der Waals surface area contributed by atoms with Crippen molar-refractivity contribution in [3.05, 3.63) is 35.4 Å². The van der Waals surface area contributed by atoms with Crippen LogP contribution in [-0.4, -0.2) is 36.5 Å². The molecule has 23 heavy (non-hydrogen) atoms. The van der Waals surface area contributed by atoms with Crippen molar-refractivity contribution in [3.63, 3.8) is 0 Å². The normalized spacial score (nSPS) is 15.5. The lowest BCUT2D eigenvalue weighted by Gasteiger charge is -2.21. The summed E-state index contributed by atoms with van der Waals surface area (Å²) in [6.45, 7) is 4.71. The number of ether oxygens (including phenoxy) is 1. The number of hydrogen-bond acceptors (Lipinski definition) is 3. The van der Waals surface area contributed by atoms with Gasteiger partial charge >= 0.3 is 5.97 Å². The Bertz CT molecular complexity index is 509. The van der Waals surface area contributed by atoms with E-state index in [-0.39, 0.29) is 29.9 Å². The first-order valence-electron chi connectivity index (χ1n) is 8.01. The highest BCUT2D eigenvalue weighted by molar-refractivity contribution is 14.0. The highest BCUT2D eigenvalue weighted by Crippen LogP contribution is 2.10. The molecule has 0 aliphatic carbocycles. The monoisotopic (exact) mass is 431 g/mol. The summed E-state index contributed by atoms with van der Waals surface area (Å²) < 4.78 is 4.96. The maximum Gasteiger partial charge on any atom is 0.338 e. The molecule has 2 rings (SSSR count). The first-order valence-corrected chi connectivity index (χ1v) is 8.01. The number of halogens is 1. The van der Waals surface area contributed by atoms with Gasteiger partial charge in [-0.05, 0) is 37.5 Å². The lowest BCUT2D eigenvalue weighted by atomic mass is 10.1. The quantitative estimate of drug-likeness (QED) is 0.344. The minimum atomic E-state index is -0.290. The van der Waals surface area contributed by atoms with E-state index in [2.05, 4.69) is 9.89 Å². The molecule has 1 heterocycles. The summed E-state index contributed by atoms with van der Waals surface area (Å²) in [6, 6.07) is 7.33. The van der Waals surface area contributed by atoms with Crippen LogP contribution in [-0.2, 0) is 11.3 Å². The lowest BCUT2D eigenvalue weighted by Crippen LogP contribution is -2.38. The number of nitrogens with two attached hydrogens (primary N) is 1. The van der Waals surface area contributed by atoms with Crippen molar-refractivity contribution >= 4 is 35.9 Å². The molecule has 128 valence electrons. The van der Waals surface area contributed by atoms with E-state index < -0.39 is 0 Å². The van der Waals surface area contributed by atoms with Crippen molar-refractivity contribution in [1.82, 2.24) is 4.90 Å². The average molecular weight is 431 g/mol. The molecule has 0 saturated carbocycles. The van der Waals surface area contributed by atoms with Crippen LogP contribution in [0.1, 0.15) is 48.5 Å². The Kier molecular flexibility index (Phi) is 8.98. The first-order chi connectivity index (χ1) is 10.7. The van der Waals surface area contributed by atoms with Gasteiger partial charge in [-0.15, -0.1) is 24.0 Å². The predicted octanol–water partition coefficient (Wildman–Crippen LogP) is 3.17. The van der Waals surface area contributed by atoms with Crippen molar-refractivity contribution in [2.24, 2.45) is 10.7 Å². The van der Waals surface area contributed by atoms with Gasteiger partial charge in [0, 0.05) is 13.1 Å². The molecule has 0 radical (unpaired) electrons. The molecular formula is C17H26IN3O2. The largest absolute Gasteiger partial charge is 0.462 e. The zero-order valence-electron chi connectivity index (χ0n) is 13.7. The van der Waals surface area contributed by atoms with Gasteiger partial charge in [0.2, 0.25) is 0 Å². The van der Waals surface area contributed by atoms with Crippen LogP contribution in [0.2, 0.25) is 0 Å². The van der Waals surface area contributed by atoms with Crippen LogP contribution >= 0.6 is 24.0 Å². The maximum atomic E-state index is 11.6. The van der Waals surface area contributed by atoms with E-state index >= 15 is 0 Å². The summed E-state index contributed by atoms with van der Waals surface area (Å²) in [5, 5.41) is 0. The average Bonchev–Trinajstić information content (AvgIpc) is 2.82. The molecule has 0 aromatic heterocycles. The molecule has 1 saturated heterocycles. The van der Waals surface area contributed by atoms with Gasteiger partial charge in [-0.3, -0.25) is 0 Å². The number of esters is 1. The number of carbonyl (C=O) groups excluding carboxylic acids is 1. The Hall–Kier alpha value is -1.31. The standard InChI is InChI=1S/C17H25N3O2.HI/c1-2-22-16(21)15-9-7-14(8-10-15)13-19-17(18)20-11-5-3-4-6-12-20;/h7-10H,2-6,11-13H2,1H3,(H2,18,19);1H. The first kappa shape index (κ1) is 19.7. The molecule has 1 fully saturated rings. The third-order valence-corrected chi connectivity index (χ3v) is 3.82. The Morgan fingerprint density at radius 1 is 1.17 bits per heavy atom. The number of guanidine groups is 1. The van der Waals surface area contributed by atoms with Gasteiger partial charge < -0.3 is 15.4 Å². The maximum absolute atomic E-state index is 11.6. The number of rotatable bonds is 4. The lowest BCUT2D eigenvalue weighted by molar-refractivity contribution is 0.0526. The van der Waals surface area contributed by atoms with E-state index in [4.69, 9.17) is 10.5 Å². The topological polar surface area (TPSA) is 67.9 Å². The molecule has 1 aromatic rings. The minimum Gasteiger partial charge on any atom is -0.462 e. The number of aliphatic imine (C=N–C) groups is 1. The van der Waals surface area contributed by atoms with Crippen LogP contribution in [0, 0.1) is 0 Å². The van der Waals surface area contributed by atoms with E-state index in [0.29, 0.717) is 24.7 Å². The predicted molar refractivity (Wildman–Crippen MR) is 103 cm³/mol. The highest BCUT2D eigenvalue weighted by Gasteiger charge is 2.10. The molecule has 2 N–H and O–H groups in total. The molecule has 1 aliphatic heterocycles. The number of benzene rings is 1. The Labute approximate surface area is 155 Å². The van der Waals surface area contributed by atoms with Crippen molar-refractivity contribution < 1.29 is 9.53 Å². The van der Waals surface area contributed by atoms with Gasteiger partial charge in [0.05, 0.1) is 18.7 Å². The van der Waals surface area contributed by atoms with Gasteiger partial charge in [-0.1, -0.05) is 25.0 Å². The summed E-state index contributed by atoms with van der Waals surface area (Å²) >= 11 is 0. The summed E-state index contributed by atoms with van der Waals surface area (Å²) in [7, 11) is 0. The fourth-order valence-corrected chi connectivity index (χ4v) is 2.53. The summed E-state index contributed by atoms with van der Waals surface area (Å²) in [4.78, 5) is 18.2. The fraction of sp³-hybridized carbons (Fsp3) is 0.529. The summed E-state index contributed by atoms with van der Waals surface area (Å²) in [6.07, 6.45) is 4.92. The Morgan fingerprint density at radius 2 is 1.78 bits per heavy atom. The van der Waals surface area contributed by atoms with Gasteiger partial charge in [0.25, 0.3) is 0 Å². The van der Waals surface area contributed by atoms with Crippen LogP contribution in [0.25, 0.3) is 0 Å². The van der Waals surface area contributed by atoms with Crippen molar-refractivity contribution in [2.75, 3.05) is 19.7 Å². The third kappa shape index (κ3) is 6.37. The van der Waals surface area contributed by atoms with E-state index in [1.165, 1.54) is 25.7 Å². The zero-order valence-corrected chi connectivity index (χ0v) is 16.0. The Morgan fingerprint density at radius 3 is 2.35 bits per heavy atom. The zero-order chi connectivity index (χ0) is 15.8. The van der Waals surface area contributed by atoms with Crippen LogP contribution in [0.4, 0.5) is 0 Å². The molecular weight excluding hydrogens is 405 g/mol. The molecule has 0 bridgehead atoms. The molecule has 6 heteroatoms. The van der Waals surface area contributed by atoms with Crippen molar-refractivity contribution in [3.8, 4) is 0 Å². The molecule has 1 aliphatic rings. The van der Waals surface area contributed by atoms with E-state index in [1.54, 1.807) is 19.1 Å². The van der Waals surface area contributed by atoms with Crippen LogP contribution < -0.4 is 5.73 Å². The van der Waals surface area contributed by atoms with E-state index in [9.17, 15) is 4.79 Å². The fourth-order valence-electron chi connectivity index (χ4n) is 2.53. The van der Waals surface area contributed by atoms with E-state index in [1.807, 2.05) is 12.1 Å². The smallest absolute Gasteiger partial charge is 0.338 e. The second-order valence-electron chi connectivity index (χ2n) is 5.49. The van der Waals surface area contributed by atoms with Crippen LogP contribution in [0.15, 0.2) is 29.3 Å². The molecule has 0 atom stereocenters. The second kappa shape index (κ2) is 10.5. The Balaban J connectivity index is 0.00000264. The number of likely N-dealkylation sites (tertiary alicyclic amines) is 1. The molecule has 1 aromatic carbocycles. The number of hydrogen-bond donors (Lipinski definition) is 1. The molecule has 0 unspecified atom stereocenters. The van der Waals surface area contributed by atoms with Gasteiger partial charge in [-0.2, -0.15) is 0 Å². The van der Waals surface area contributed by atoms with Gasteiger partial charge in [0.1, 0.15) is 0 Å². The number of carbonyl (C=O) groups is 1. The van der Waals surface area contributed by atoms with E-state index in [0.717, 1.165) is 18.7 Å². The molecule has 0 amide bonds. The minimum absolute atomic E-state index is 0. The second-order valence-corrected chi connectivity index (χ2v) is 5.49.